The van der Waals surface area contributed by atoms with Crippen LogP contribution in [0.15, 0.2) is 12.3 Å². The highest BCUT2D eigenvalue weighted by Gasteiger charge is 2.25. The van der Waals surface area contributed by atoms with Gasteiger partial charge in [0.25, 0.3) is 0 Å². The summed E-state index contributed by atoms with van der Waals surface area (Å²) in [6.45, 7) is 5.54. The predicted octanol–water partition coefficient (Wildman–Crippen LogP) is 3.64. The molecule has 0 aliphatic heterocycles. The van der Waals surface area contributed by atoms with Gasteiger partial charge in [0.05, 0.1) is 11.1 Å². The van der Waals surface area contributed by atoms with E-state index in [1.54, 1.807) is 6.20 Å². The second-order valence-electron chi connectivity index (χ2n) is 5.78. The first kappa shape index (κ1) is 14.1. The van der Waals surface area contributed by atoms with E-state index in [9.17, 15) is 4.79 Å². The number of fused-ring (bicyclic) bond motifs is 1. The van der Waals surface area contributed by atoms with Gasteiger partial charge in [-0.25, -0.2) is 4.79 Å². The van der Waals surface area contributed by atoms with Crippen molar-refractivity contribution >= 4 is 17.7 Å². The first-order valence-electron chi connectivity index (χ1n) is 6.49. The molecule has 5 heteroatoms. The third-order valence-corrected chi connectivity index (χ3v) is 3.15. The zero-order valence-electron chi connectivity index (χ0n) is 11.5. The lowest BCUT2D eigenvalue weighted by Gasteiger charge is -2.27. The lowest BCUT2D eigenvalue weighted by molar-refractivity contribution is 0.0498. The zero-order chi connectivity index (χ0) is 14.0. The molecule has 0 saturated heterocycles. The van der Waals surface area contributed by atoms with Crippen LogP contribution in [0.1, 0.15) is 50.9 Å². The first-order valence-corrected chi connectivity index (χ1v) is 6.87. The van der Waals surface area contributed by atoms with E-state index >= 15 is 0 Å². The average Bonchev–Trinajstić information content (AvgIpc) is 2.27. The normalized spacial score (nSPS) is 18.6. The number of carbonyl (C=O) groups excluding carboxylic acids is 1. The molecule has 0 bridgehead atoms. The van der Waals surface area contributed by atoms with E-state index in [2.05, 4.69) is 10.3 Å². The van der Waals surface area contributed by atoms with Gasteiger partial charge in [0.1, 0.15) is 5.60 Å². The lowest BCUT2D eigenvalue weighted by atomic mass is 9.91. The number of hydrogen-bond donors (Lipinski definition) is 1. The van der Waals surface area contributed by atoms with E-state index in [1.165, 1.54) is 0 Å². The highest BCUT2D eigenvalue weighted by Crippen LogP contribution is 2.30. The van der Waals surface area contributed by atoms with Crippen LogP contribution in [-0.2, 0) is 11.2 Å². The van der Waals surface area contributed by atoms with Gasteiger partial charge >= 0.3 is 6.09 Å². The molecule has 0 spiro atoms. The minimum atomic E-state index is -0.492. The molecule has 1 atom stereocenters. The highest BCUT2D eigenvalue weighted by atomic mass is 35.5. The summed E-state index contributed by atoms with van der Waals surface area (Å²) < 4.78 is 5.28. The number of pyridine rings is 1. The van der Waals surface area contributed by atoms with Gasteiger partial charge in [-0.1, -0.05) is 11.6 Å². The molecule has 2 rings (SSSR count). The number of rotatable bonds is 1. The van der Waals surface area contributed by atoms with E-state index in [4.69, 9.17) is 16.3 Å². The van der Waals surface area contributed by atoms with Crippen LogP contribution in [-0.4, -0.2) is 16.7 Å². The summed E-state index contributed by atoms with van der Waals surface area (Å²) in [6.07, 6.45) is 4.07. The number of nitrogens with zero attached hydrogens (tertiary/aromatic N) is 1. The molecule has 4 nitrogen and oxygen atoms in total. The Kier molecular flexibility index (Phi) is 3.99. The standard InChI is InChI=1S/C14H19ClN2O2/c1-14(2,3)19-13(18)17-12-6-4-5-11-10(12)7-9(15)8-16-11/h7-8,12H,4-6H2,1-3H3,(H,17,18). The predicted molar refractivity (Wildman–Crippen MR) is 74.3 cm³/mol. The van der Waals surface area contributed by atoms with Crippen LogP contribution in [0.3, 0.4) is 0 Å². The van der Waals surface area contributed by atoms with Crippen LogP contribution in [0.2, 0.25) is 5.02 Å². The fourth-order valence-corrected chi connectivity index (χ4v) is 2.39. The minimum absolute atomic E-state index is 0.0650. The van der Waals surface area contributed by atoms with Crippen molar-refractivity contribution in [3.8, 4) is 0 Å². The smallest absolute Gasteiger partial charge is 0.408 e. The van der Waals surface area contributed by atoms with E-state index in [-0.39, 0.29) is 6.04 Å². The lowest BCUT2D eigenvalue weighted by Crippen LogP contribution is -2.36. The molecule has 1 amide bonds. The molecule has 0 radical (unpaired) electrons. The quantitative estimate of drug-likeness (QED) is 0.855. The van der Waals surface area contributed by atoms with Crippen molar-refractivity contribution < 1.29 is 9.53 Å². The Bertz CT molecular complexity index is 483. The molecule has 1 N–H and O–H groups in total. The fourth-order valence-electron chi connectivity index (χ4n) is 2.22. The molecule has 1 aliphatic carbocycles. The number of ether oxygens (including phenoxy) is 1. The van der Waals surface area contributed by atoms with Crippen molar-refractivity contribution in [3.05, 3.63) is 28.5 Å². The molecule has 1 unspecified atom stereocenters. The van der Waals surface area contributed by atoms with Crippen LogP contribution in [0.5, 0.6) is 0 Å². The van der Waals surface area contributed by atoms with Crippen molar-refractivity contribution in [3.63, 3.8) is 0 Å². The maximum atomic E-state index is 11.8. The van der Waals surface area contributed by atoms with Crippen molar-refractivity contribution in [1.29, 1.82) is 0 Å². The summed E-state index contributed by atoms with van der Waals surface area (Å²) in [5, 5.41) is 3.49. The molecule has 1 aromatic rings. The maximum Gasteiger partial charge on any atom is 0.408 e. The monoisotopic (exact) mass is 282 g/mol. The van der Waals surface area contributed by atoms with Gasteiger partial charge in [0, 0.05) is 11.9 Å². The summed E-state index contributed by atoms with van der Waals surface area (Å²) in [7, 11) is 0. The van der Waals surface area contributed by atoms with Crippen LogP contribution in [0, 0.1) is 0 Å². The third kappa shape index (κ3) is 3.83. The summed E-state index contributed by atoms with van der Waals surface area (Å²) in [4.78, 5) is 16.2. The van der Waals surface area contributed by atoms with Gasteiger partial charge in [-0.2, -0.15) is 0 Å². The summed E-state index contributed by atoms with van der Waals surface area (Å²) in [5.74, 6) is 0. The van der Waals surface area contributed by atoms with Crippen molar-refractivity contribution in [1.82, 2.24) is 10.3 Å². The maximum absolute atomic E-state index is 11.8. The van der Waals surface area contributed by atoms with Gasteiger partial charge in [-0.15, -0.1) is 0 Å². The Morgan fingerprint density at radius 1 is 1.53 bits per heavy atom. The Morgan fingerprint density at radius 3 is 2.95 bits per heavy atom. The topological polar surface area (TPSA) is 51.2 Å². The summed E-state index contributed by atoms with van der Waals surface area (Å²) in [6, 6.07) is 1.82. The van der Waals surface area contributed by atoms with Gasteiger partial charge in [-0.05, 0) is 51.7 Å². The number of halogens is 1. The van der Waals surface area contributed by atoms with E-state index in [1.807, 2.05) is 26.8 Å². The second-order valence-corrected chi connectivity index (χ2v) is 6.22. The number of aryl methyl sites for hydroxylation is 1. The van der Waals surface area contributed by atoms with Gasteiger partial charge in [0.15, 0.2) is 0 Å². The largest absolute Gasteiger partial charge is 0.444 e. The molecular weight excluding hydrogens is 264 g/mol. The first-order chi connectivity index (χ1) is 8.85. The van der Waals surface area contributed by atoms with Gasteiger partial charge in [-0.3, -0.25) is 4.98 Å². The van der Waals surface area contributed by atoms with Crippen molar-refractivity contribution in [2.24, 2.45) is 0 Å². The number of carbonyl (C=O) groups is 1. The molecular formula is C14H19ClN2O2. The Labute approximate surface area is 118 Å². The van der Waals surface area contributed by atoms with Crippen LogP contribution in [0.4, 0.5) is 4.79 Å². The molecule has 1 aromatic heterocycles. The summed E-state index contributed by atoms with van der Waals surface area (Å²) >= 11 is 5.98. The van der Waals surface area contributed by atoms with E-state index in [0.29, 0.717) is 5.02 Å². The van der Waals surface area contributed by atoms with Crippen molar-refractivity contribution in [2.45, 2.75) is 51.7 Å². The minimum Gasteiger partial charge on any atom is -0.444 e. The number of nitrogens with one attached hydrogen (secondary N) is 1. The fraction of sp³-hybridized carbons (Fsp3) is 0.571. The number of hydrogen-bond acceptors (Lipinski definition) is 3. The molecule has 1 heterocycles. The molecule has 0 fully saturated rings. The second kappa shape index (κ2) is 5.37. The van der Waals surface area contributed by atoms with E-state index in [0.717, 1.165) is 30.5 Å². The molecule has 104 valence electrons. The molecule has 0 aromatic carbocycles. The molecule has 0 saturated carbocycles. The summed E-state index contributed by atoms with van der Waals surface area (Å²) in [5.41, 5.74) is 1.52. The van der Waals surface area contributed by atoms with E-state index < -0.39 is 11.7 Å². The Morgan fingerprint density at radius 2 is 2.26 bits per heavy atom. The highest BCUT2D eigenvalue weighted by molar-refractivity contribution is 6.30. The zero-order valence-corrected chi connectivity index (χ0v) is 12.3. The van der Waals surface area contributed by atoms with Crippen LogP contribution in [0.25, 0.3) is 0 Å². The van der Waals surface area contributed by atoms with Crippen molar-refractivity contribution in [2.75, 3.05) is 0 Å². The molecule has 19 heavy (non-hydrogen) atoms. The Balaban J connectivity index is 2.11. The third-order valence-electron chi connectivity index (χ3n) is 2.94. The number of amides is 1. The number of aromatic nitrogens is 1. The SMILES string of the molecule is CC(C)(C)OC(=O)NC1CCCc2ncc(Cl)cc21. The number of alkyl carbamates (subject to hydrolysis) is 1. The Hall–Kier alpha value is -1.29. The molecule has 1 aliphatic rings. The van der Waals surface area contributed by atoms with Crippen LogP contribution >= 0.6 is 11.6 Å². The van der Waals surface area contributed by atoms with Crippen LogP contribution < -0.4 is 5.32 Å². The van der Waals surface area contributed by atoms with Gasteiger partial charge < -0.3 is 10.1 Å². The van der Waals surface area contributed by atoms with Gasteiger partial charge in [0.2, 0.25) is 0 Å². The average molecular weight is 283 g/mol.